The maximum atomic E-state index is 6.15. The third-order valence-electron chi connectivity index (χ3n) is 3.74. The van der Waals surface area contributed by atoms with Crippen LogP contribution < -0.4 is 24.8 Å². The van der Waals surface area contributed by atoms with Gasteiger partial charge in [0.1, 0.15) is 23.7 Å². The van der Waals surface area contributed by atoms with E-state index in [1.54, 1.807) is 25.3 Å². The SMILES string of the molecule is COc1ccc(Nc2cc(Nc3ccc4c(c3)OCO4)ncn2)cc1Cl. The molecule has 0 unspecified atom stereocenters. The van der Waals surface area contributed by atoms with Crippen molar-refractivity contribution in [3.8, 4) is 17.2 Å². The molecule has 8 heteroatoms. The van der Waals surface area contributed by atoms with Crippen LogP contribution in [0.3, 0.4) is 0 Å². The van der Waals surface area contributed by atoms with Crippen LogP contribution in [-0.4, -0.2) is 23.9 Å². The number of aromatic nitrogens is 2. The second-order valence-electron chi connectivity index (χ2n) is 5.46. The van der Waals surface area contributed by atoms with Crippen molar-refractivity contribution in [3.63, 3.8) is 0 Å². The Kier molecular flexibility index (Phi) is 4.37. The van der Waals surface area contributed by atoms with E-state index in [9.17, 15) is 0 Å². The Hall–Kier alpha value is -3.19. The van der Waals surface area contributed by atoms with Gasteiger partial charge in [0.15, 0.2) is 11.5 Å². The maximum Gasteiger partial charge on any atom is 0.231 e. The minimum Gasteiger partial charge on any atom is -0.495 e. The van der Waals surface area contributed by atoms with E-state index in [0.29, 0.717) is 28.2 Å². The Morgan fingerprint density at radius 3 is 2.35 bits per heavy atom. The number of hydrogen-bond acceptors (Lipinski definition) is 7. The van der Waals surface area contributed by atoms with E-state index in [0.717, 1.165) is 17.1 Å². The van der Waals surface area contributed by atoms with E-state index in [1.165, 1.54) is 6.33 Å². The molecule has 2 N–H and O–H groups in total. The number of methoxy groups -OCH3 is 1. The molecule has 0 atom stereocenters. The summed E-state index contributed by atoms with van der Waals surface area (Å²) in [6.07, 6.45) is 1.47. The molecule has 4 rings (SSSR count). The fourth-order valence-corrected chi connectivity index (χ4v) is 2.77. The van der Waals surface area contributed by atoms with E-state index in [-0.39, 0.29) is 6.79 Å². The first kappa shape index (κ1) is 16.3. The Bertz CT molecular complexity index is 951. The monoisotopic (exact) mass is 370 g/mol. The minimum atomic E-state index is 0.241. The third kappa shape index (κ3) is 3.43. The molecule has 1 aliphatic heterocycles. The van der Waals surface area contributed by atoms with Crippen molar-refractivity contribution in [1.29, 1.82) is 0 Å². The van der Waals surface area contributed by atoms with Gasteiger partial charge < -0.3 is 24.8 Å². The van der Waals surface area contributed by atoms with Gasteiger partial charge in [-0.1, -0.05) is 11.6 Å². The van der Waals surface area contributed by atoms with Gasteiger partial charge in [-0.05, 0) is 30.3 Å². The molecule has 3 aromatic rings. The number of nitrogens with zero attached hydrogens (tertiary/aromatic N) is 2. The summed E-state index contributed by atoms with van der Waals surface area (Å²) in [5.74, 6) is 3.32. The van der Waals surface area contributed by atoms with Gasteiger partial charge in [-0.2, -0.15) is 0 Å². The third-order valence-corrected chi connectivity index (χ3v) is 4.03. The average molecular weight is 371 g/mol. The van der Waals surface area contributed by atoms with Crippen molar-refractivity contribution < 1.29 is 14.2 Å². The van der Waals surface area contributed by atoms with Crippen LogP contribution in [0.25, 0.3) is 0 Å². The highest BCUT2D eigenvalue weighted by Gasteiger charge is 2.13. The first-order chi connectivity index (χ1) is 12.7. The quantitative estimate of drug-likeness (QED) is 0.691. The lowest BCUT2D eigenvalue weighted by Gasteiger charge is -2.10. The lowest BCUT2D eigenvalue weighted by Crippen LogP contribution is -1.98. The molecule has 7 nitrogen and oxygen atoms in total. The van der Waals surface area contributed by atoms with Gasteiger partial charge in [-0.25, -0.2) is 9.97 Å². The molecule has 0 fully saturated rings. The molecule has 0 radical (unpaired) electrons. The predicted octanol–water partition coefficient (Wildman–Crippen LogP) is 4.35. The van der Waals surface area contributed by atoms with E-state index in [2.05, 4.69) is 20.6 Å². The normalized spacial score (nSPS) is 11.9. The van der Waals surface area contributed by atoms with Gasteiger partial charge in [0.25, 0.3) is 0 Å². The second kappa shape index (κ2) is 6.97. The zero-order valence-corrected chi connectivity index (χ0v) is 14.6. The van der Waals surface area contributed by atoms with Crippen molar-refractivity contribution in [1.82, 2.24) is 9.97 Å². The van der Waals surface area contributed by atoms with Crippen LogP contribution in [0.1, 0.15) is 0 Å². The Morgan fingerprint density at radius 1 is 0.923 bits per heavy atom. The lowest BCUT2D eigenvalue weighted by atomic mass is 10.2. The topological polar surface area (TPSA) is 77.5 Å². The van der Waals surface area contributed by atoms with Crippen molar-refractivity contribution in [3.05, 3.63) is 53.8 Å². The number of fused-ring (bicyclic) bond motifs is 1. The van der Waals surface area contributed by atoms with Gasteiger partial charge in [0.2, 0.25) is 6.79 Å². The Morgan fingerprint density at radius 2 is 1.62 bits per heavy atom. The van der Waals surface area contributed by atoms with E-state index < -0.39 is 0 Å². The first-order valence-corrected chi connectivity index (χ1v) is 8.18. The largest absolute Gasteiger partial charge is 0.495 e. The summed E-state index contributed by atoms with van der Waals surface area (Å²) in [4.78, 5) is 8.46. The maximum absolute atomic E-state index is 6.15. The second-order valence-corrected chi connectivity index (χ2v) is 5.86. The number of rotatable bonds is 5. The first-order valence-electron chi connectivity index (χ1n) is 7.80. The summed E-state index contributed by atoms with van der Waals surface area (Å²) in [5, 5.41) is 6.92. The van der Waals surface area contributed by atoms with Crippen LogP contribution in [0.4, 0.5) is 23.0 Å². The molecule has 1 aromatic heterocycles. The number of hydrogen-bond donors (Lipinski definition) is 2. The smallest absolute Gasteiger partial charge is 0.231 e. The van der Waals surface area contributed by atoms with Crippen LogP contribution in [0, 0.1) is 0 Å². The molecular formula is C18H15ClN4O3. The van der Waals surface area contributed by atoms with Crippen LogP contribution in [0.2, 0.25) is 5.02 Å². The van der Waals surface area contributed by atoms with E-state index in [1.807, 2.05) is 24.3 Å². The Labute approximate surface area is 154 Å². The standard InChI is InChI=1S/C18H15ClN4O3/c1-24-14-4-2-11(6-13(14)19)22-17-8-18(21-9-20-17)23-12-3-5-15-16(7-12)26-10-25-15/h2-9H,10H2,1H3,(H2,20,21,22,23). The van der Waals surface area contributed by atoms with Gasteiger partial charge in [-0.15, -0.1) is 0 Å². The molecule has 0 bridgehead atoms. The fourth-order valence-electron chi connectivity index (χ4n) is 2.51. The molecule has 0 aliphatic carbocycles. The zero-order chi connectivity index (χ0) is 17.9. The van der Waals surface area contributed by atoms with Crippen LogP contribution in [0.15, 0.2) is 48.8 Å². The summed E-state index contributed by atoms with van der Waals surface area (Å²) in [7, 11) is 1.58. The predicted molar refractivity (Wildman–Crippen MR) is 99.2 cm³/mol. The van der Waals surface area contributed by atoms with Gasteiger partial charge in [-0.3, -0.25) is 0 Å². The minimum absolute atomic E-state index is 0.241. The van der Waals surface area contributed by atoms with Crippen molar-refractivity contribution in [2.45, 2.75) is 0 Å². The highest BCUT2D eigenvalue weighted by molar-refractivity contribution is 6.32. The van der Waals surface area contributed by atoms with Crippen LogP contribution >= 0.6 is 11.6 Å². The highest BCUT2D eigenvalue weighted by atomic mass is 35.5. The summed E-state index contributed by atoms with van der Waals surface area (Å²) >= 11 is 6.15. The molecule has 132 valence electrons. The number of ether oxygens (including phenoxy) is 3. The fraction of sp³-hybridized carbons (Fsp3) is 0.111. The van der Waals surface area contributed by atoms with Crippen LogP contribution in [-0.2, 0) is 0 Å². The van der Waals surface area contributed by atoms with Crippen molar-refractivity contribution >= 4 is 34.6 Å². The molecule has 0 saturated heterocycles. The number of nitrogens with one attached hydrogen (secondary N) is 2. The van der Waals surface area contributed by atoms with E-state index >= 15 is 0 Å². The summed E-state index contributed by atoms with van der Waals surface area (Å²) in [5.41, 5.74) is 1.63. The molecule has 0 spiro atoms. The number of benzene rings is 2. The van der Waals surface area contributed by atoms with Crippen molar-refractivity contribution in [2.75, 3.05) is 24.5 Å². The van der Waals surface area contributed by atoms with Crippen LogP contribution in [0.5, 0.6) is 17.2 Å². The molecule has 0 amide bonds. The highest BCUT2D eigenvalue weighted by Crippen LogP contribution is 2.35. The number of halogens is 1. The summed E-state index contributed by atoms with van der Waals surface area (Å²) in [6, 6.07) is 12.8. The molecule has 2 heterocycles. The van der Waals surface area contributed by atoms with Crippen molar-refractivity contribution in [2.24, 2.45) is 0 Å². The van der Waals surface area contributed by atoms with Gasteiger partial charge >= 0.3 is 0 Å². The number of anilines is 4. The average Bonchev–Trinajstić information content (AvgIpc) is 3.10. The van der Waals surface area contributed by atoms with Gasteiger partial charge in [0, 0.05) is 23.5 Å². The molecule has 26 heavy (non-hydrogen) atoms. The summed E-state index contributed by atoms with van der Waals surface area (Å²) in [6.45, 7) is 0.241. The zero-order valence-electron chi connectivity index (χ0n) is 13.8. The molecule has 0 saturated carbocycles. The molecular weight excluding hydrogens is 356 g/mol. The van der Waals surface area contributed by atoms with Gasteiger partial charge in [0.05, 0.1) is 12.1 Å². The van der Waals surface area contributed by atoms with E-state index in [4.69, 9.17) is 25.8 Å². The molecule has 2 aromatic carbocycles. The summed E-state index contributed by atoms with van der Waals surface area (Å²) < 4.78 is 15.8. The molecule has 1 aliphatic rings. The Balaban J connectivity index is 1.50. The lowest BCUT2D eigenvalue weighted by molar-refractivity contribution is 0.174.